The third kappa shape index (κ3) is 4.14. The molecule has 0 radical (unpaired) electrons. The van der Waals surface area contributed by atoms with Gasteiger partial charge in [-0.3, -0.25) is 19.4 Å². The van der Waals surface area contributed by atoms with Crippen LogP contribution in [0.25, 0.3) is 0 Å². The van der Waals surface area contributed by atoms with E-state index in [-0.39, 0.29) is 23.7 Å². The molecule has 1 atom stereocenters. The lowest BCUT2D eigenvalue weighted by Gasteiger charge is -2.29. The normalized spacial score (nSPS) is 18.4. The fraction of sp³-hybridized carbons (Fsp3) is 0.429. The fourth-order valence-corrected chi connectivity index (χ4v) is 3.87. The minimum atomic E-state index is -0.910. The lowest BCUT2D eigenvalue weighted by Crippen LogP contribution is -2.38. The first-order chi connectivity index (χ1) is 14.5. The molecular weight excluding hydrogens is 386 g/mol. The smallest absolute Gasteiger partial charge is 0.258 e. The highest BCUT2D eigenvalue weighted by Gasteiger charge is 2.35. The zero-order chi connectivity index (χ0) is 21.1. The Morgan fingerprint density at radius 3 is 2.63 bits per heavy atom. The average Bonchev–Trinajstić information content (AvgIpc) is 2.75. The molecule has 0 aliphatic carbocycles. The number of piperidine rings is 1. The summed E-state index contributed by atoms with van der Waals surface area (Å²) >= 11 is 0. The number of nitrogens with zero attached hydrogens (tertiary/aromatic N) is 2. The van der Waals surface area contributed by atoms with Crippen LogP contribution in [0.5, 0.6) is 5.75 Å². The highest BCUT2D eigenvalue weighted by molar-refractivity contribution is 6.04. The maximum absolute atomic E-state index is 12.9. The minimum Gasteiger partial charge on any atom is -0.494 e. The Morgan fingerprint density at radius 2 is 1.93 bits per heavy atom. The molecule has 1 aromatic carbocycles. The number of benzene rings is 1. The second kappa shape index (κ2) is 8.56. The Morgan fingerprint density at radius 1 is 1.20 bits per heavy atom. The van der Waals surface area contributed by atoms with Gasteiger partial charge in [0.15, 0.2) is 0 Å². The largest absolute Gasteiger partial charge is 0.494 e. The zero-order valence-corrected chi connectivity index (χ0v) is 16.9. The molecule has 0 saturated carbocycles. The molecule has 30 heavy (non-hydrogen) atoms. The van der Waals surface area contributed by atoms with Crippen molar-refractivity contribution in [1.29, 1.82) is 0 Å². The second-order valence-electron chi connectivity index (χ2n) is 7.45. The van der Waals surface area contributed by atoms with Crippen molar-refractivity contribution < 1.29 is 14.3 Å². The van der Waals surface area contributed by atoms with Crippen molar-refractivity contribution in [3.8, 4) is 5.75 Å². The molecule has 1 aromatic heterocycles. The Hall–Kier alpha value is -3.36. The van der Waals surface area contributed by atoms with Gasteiger partial charge in [0, 0.05) is 25.2 Å². The molecule has 158 valence electrons. The maximum Gasteiger partial charge on any atom is 0.258 e. The van der Waals surface area contributed by atoms with Crippen LogP contribution in [0.1, 0.15) is 44.1 Å². The van der Waals surface area contributed by atoms with Gasteiger partial charge in [-0.2, -0.15) is 4.98 Å². The third-order valence-electron chi connectivity index (χ3n) is 5.34. The van der Waals surface area contributed by atoms with Gasteiger partial charge in [0.25, 0.3) is 5.56 Å². The third-order valence-corrected chi connectivity index (χ3v) is 5.34. The molecule has 2 aliphatic rings. The van der Waals surface area contributed by atoms with E-state index in [4.69, 9.17) is 4.74 Å². The molecule has 3 N–H and O–H groups in total. The predicted molar refractivity (Wildman–Crippen MR) is 113 cm³/mol. The summed E-state index contributed by atoms with van der Waals surface area (Å²) in [5.41, 5.74) is 0.358. The highest BCUT2D eigenvalue weighted by Crippen LogP contribution is 2.30. The van der Waals surface area contributed by atoms with E-state index in [9.17, 15) is 14.4 Å². The van der Waals surface area contributed by atoms with E-state index < -0.39 is 17.4 Å². The lowest BCUT2D eigenvalue weighted by molar-refractivity contribution is -0.123. The Labute approximate surface area is 173 Å². The van der Waals surface area contributed by atoms with Crippen LogP contribution in [-0.2, 0) is 9.59 Å². The first-order valence-corrected chi connectivity index (χ1v) is 10.3. The summed E-state index contributed by atoms with van der Waals surface area (Å²) in [4.78, 5) is 47.3. The number of rotatable bonds is 5. The molecule has 2 aliphatic heterocycles. The number of H-pyrrole nitrogens is 1. The SMILES string of the molecule is CCOc1ccc(NC(=O)[C@@H]2CC(=O)Nc3nc(N4CCCCC4)[nH]c(=O)c32)cc1. The van der Waals surface area contributed by atoms with Crippen LogP contribution in [0.15, 0.2) is 29.1 Å². The first kappa shape index (κ1) is 19.9. The van der Waals surface area contributed by atoms with Crippen LogP contribution in [0.3, 0.4) is 0 Å². The van der Waals surface area contributed by atoms with Crippen LogP contribution >= 0.6 is 0 Å². The summed E-state index contributed by atoms with van der Waals surface area (Å²) in [6, 6.07) is 6.93. The molecule has 0 bridgehead atoms. The van der Waals surface area contributed by atoms with Crippen molar-refractivity contribution >= 4 is 29.3 Å². The van der Waals surface area contributed by atoms with Gasteiger partial charge < -0.3 is 20.3 Å². The Bertz CT molecular complexity index is 995. The van der Waals surface area contributed by atoms with Gasteiger partial charge in [-0.05, 0) is 50.5 Å². The fourth-order valence-electron chi connectivity index (χ4n) is 3.87. The first-order valence-electron chi connectivity index (χ1n) is 10.3. The molecular formula is C21H25N5O4. The summed E-state index contributed by atoms with van der Waals surface area (Å²) in [5, 5.41) is 5.44. The summed E-state index contributed by atoms with van der Waals surface area (Å²) in [7, 11) is 0. The number of nitrogens with one attached hydrogen (secondary N) is 3. The number of amides is 2. The van der Waals surface area contributed by atoms with Gasteiger partial charge in [0.2, 0.25) is 17.8 Å². The second-order valence-corrected chi connectivity index (χ2v) is 7.45. The highest BCUT2D eigenvalue weighted by atomic mass is 16.5. The molecule has 3 heterocycles. The van der Waals surface area contributed by atoms with Crippen LogP contribution in [-0.4, -0.2) is 41.5 Å². The quantitative estimate of drug-likeness (QED) is 0.695. The molecule has 1 fully saturated rings. The number of aromatic amines is 1. The van der Waals surface area contributed by atoms with Crippen LogP contribution in [0, 0.1) is 0 Å². The van der Waals surface area contributed by atoms with E-state index >= 15 is 0 Å². The number of ether oxygens (including phenoxy) is 1. The number of carbonyl (C=O) groups is 2. The molecule has 4 rings (SSSR count). The van der Waals surface area contributed by atoms with E-state index in [0.717, 1.165) is 32.4 Å². The number of carbonyl (C=O) groups excluding carboxylic acids is 2. The van der Waals surface area contributed by atoms with Crippen LogP contribution in [0.4, 0.5) is 17.5 Å². The lowest BCUT2D eigenvalue weighted by atomic mass is 9.92. The van der Waals surface area contributed by atoms with Crippen molar-refractivity contribution in [2.45, 2.75) is 38.5 Å². The average molecular weight is 411 g/mol. The van der Waals surface area contributed by atoms with Crippen molar-refractivity contribution in [2.75, 3.05) is 35.2 Å². The summed E-state index contributed by atoms with van der Waals surface area (Å²) < 4.78 is 5.40. The molecule has 0 spiro atoms. The van der Waals surface area contributed by atoms with Gasteiger partial charge in [0.1, 0.15) is 11.6 Å². The summed E-state index contributed by atoms with van der Waals surface area (Å²) in [6.45, 7) is 4.05. The molecule has 9 heteroatoms. The van der Waals surface area contributed by atoms with Gasteiger partial charge in [-0.15, -0.1) is 0 Å². The summed E-state index contributed by atoms with van der Waals surface area (Å²) in [6.07, 6.45) is 3.10. The minimum absolute atomic E-state index is 0.107. The van der Waals surface area contributed by atoms with Crippen molar-refractivity contribution in [2.24, 2.45) is 0 Å². The molecule has 9 nitrogen and oxygen atoms in total. The number of fused-ring (bicyclic) bond motifs is 1. The predicted octanol–water partition coefficient (Wildman–Crippen LogP) is 2.22. The molecule has 2 amide bonds. The van der Waals surface area contributed by atoms with Crippen molar-refractivity contribution in [1.82, 2.24) is 9.97 Å². The van der Waals surface area contributed by atoms with E-state index in [0.29, 0.717) is 24.0 Å². The zero-order valence-electron chi connectivity index (χ0n) is 16.9. The van der Waals surface area contributed by atoms with Gasteiger partial charge in [0.05, 0.1) is 18.1 Å². The number of anilines is 3. The molecule has 1 saturated heterocycles. The maximum atomic E-state index is 12.9. The van der Waals surface area contributed by atoms with Gasteiger partial charge >= 0.3 is 0 Å². The van der Waals surface area contributed by atoms with E-state index in [2.05, 4.69) is 20.6 Å². The van der Waals surface area contributed by atoms with E-state index in [1.165, 1.54) is 0 Å². The topological polar surface area (TPSA) is 116 Å². The standard InChI is InChI=1S/C21H25N5O4/c1-2-30-14-8-6-13(7-9-14)22-19(28)15-12-16(27)23-18-17(15)20(29)25-21(24-18)26-10-4-3-5-11-26/h6-9,15H,2-5,10-12H2,1H3,(H,22,28)(H2,23,24,25,27,29)/t15-/m1/s1. The number of hydrogen-bond acceptors (Lipinski definition) is 6. The Kier molecular flexibility index (Phi) is 5.69. The van der Waals surface area contributed by atoms with E-state index in [1.54, 1.807) is 24.3 Å². The van der Waals surface area contributed by atoms with Gasteiger partial charge in [-0.1, -0.05) is 0 Å². The summed E-state index contributed by atoms with van der Waals surface area (Å²) in [5.74, 6) is -0.366. The van der Waals surface area contributed by atoms with Crippen LogP contribution < -0.4 is 25.8 Å². The Balaban J connectivity index is 1.58. The van der Waals surface area contributed by atoms with Crippen molar-refractivity contribution in [3.63, 3.8) is 0 Å². The van der Waals surface area contributed by atoms with Gasteiger partial charge in [-0.25, -0.2) is 0 Å². The molecule has 0 unspecified atom stereocenters. The number of hydrogen-bond donors (Lipinski definition) is 3. The number of aromatic nitrogens is 2. The van der Waals surface area contributed by atoms with E-state index in [1.807, 2.05) is 11.8 Å². The van der Waals surface area contributed by atoms with Crippen molar-refractivity contribution in [3.05, 3.63) is 40.2 Å². The monoisotopic (exact) mass is 411 g/mol. The molecule has 2 aromatic rings. The van der Waals surface area contributed by atoms with Crippen LogP contribution in [0.2, 0.25) is 0 Å².